The van der Waals surface area contributed by atoms with Crippen molar-refractivity contribution >= 4 is 38.9 Å². The summed E-state index contributed by atoms with van der Waals surface area (Å²) in [6.45, 7) is 4.19. The molecule has 28 heavy (non-hydrogen) atoms. The van der Waals surface area contributed by atoms with E-state index < -0.39 is 4.92 Å². The third-order valence-corrected chi connectivity index (χ3v) is 5.21. The number of nitrogens with one attached hydrogen (secondary N) is 1. The summed E-state index contributed by atoms with van der Waals surface area (Å²) in [6.07, 6.45) is 1.70. The molecule has 0 saturated carbocycles. The van der Waals surface area contributed by atoms with Crippen molar-refractivity contribution in [2.45, 2.75) is 6.54 Å². The van der Waals surface area contributed by atoms with Crippen molar-refractivity contribution in [1.82, 2.24) is 9.99 Å². The van der Waals surface area contributed by atoms with Crippen LogP contribution >= 0.6 is 27.3 Å². The first kappa shape index (κ1) is 19.7. The lowest BCUT2D eigenvalue weighted by Gasteiger charge is -2.06. The summed E-state index contributed by atoms with van der Waals surface area (Å²) in [7, 11) is 0. The molecular weight excluding hydrogens is 444 g/mol. The molecule has 3 aromatic rings. The average Bonchev–Trinajstić information content (AvgIpc) is 3.09. The van der Waals surface area contributed by atoms with Gasteiger partial charge in [0.1, 0.15) is 0 Å². The maximum absolute atomic E-state index is 12.3. The molecule has 7 nitrogen and oxygen atoms in total. The van der Waals surface area contributed by atoms with Crippen LogP contribution in [-0.2, 0) is 6.54 Å². The summed E-state index contributed by atoms with van der Waals surface area (Å²) in [6, 6.07) is 13.3. The van der Waals surface area contributed by atoms with E-state index in [0.29, 0.717) is 22.5 Å². The number of nitrogens with zero attached hydrogens (tertiary/aromatic N) is 3. The standard InChI is InChI=1S/C19H15BrN4O3S/c1-2-10-23-17(14-4-3-5-16(11-14)24(26)27)12-28-19(23)22-21-18(25)13-6-8-15(20)9-7-13/h2-9,11-12H,1,10H2,(H,21,25)/b22-19+. The molecule has 3 rings (SSSR count). The molecule has 1 aromatic heterocycles. The van der Waals surface area contributed by atoms with Crippen molar-refractivity contribution in [3.05, 3.63) is 91.5 Å². The molecule has 0 unspecified atom stereocenters. The van der Waals surface area contributed by atoms with Crippen LogP contribution in [0.1, 0.15) is 10.4 Å². The third kappa shape index (κ3) is 4.44. The van der Waals surface area contributed by atoms with E-state index >= 15 is 0 Å². The SMILES string of the molecule is C=CCn1c(-c2cccc([N+](=O)[O-])c2)cs/c1=N/NC(=O)c1ccc(Br)cc1. The van der Waals surface area contributed by atoms with E-state index in [1.807, 2.05) is 9.95 Å². The van der Waals surface area contributed by atoms with E-state index in [-0.39, 0.29) is 11.6 Å². The van der Waals surface area contributed by atoms with E-state index in [1.54, 1.807) is 42.5 Å². The summed E-state index contributed by atoms with van der Waals surface area (Å²) in [4.78, 5) is 23.4. The minimum absolute atomic E-state index is 0.0101. The number of hydrogen-bond donors (Lipinski definition) is 1. The zero-order chi connectivity index (χ0) is 20.1. The van der Waals surface area contributed by atoms with Gasteiger partial charge in [-0.05, 0) is 24.3 Å². The fraction of sp³-hybridized carbons (Fsp3) is 0.0526. The first-order valence-electron chi connectivity index (χ1n) is 8.13. The number of nitro benzene ring substituents is 1. The second kappa shape index (κ2) is 8.77. The average molecular weight is 459 g/mol. The van der Waals surface area contributed by atoms with Crippen molar-refractivity contribution in [1.29, 1.82) is 0 Å². The van der Waals surface area contributed by atoms with Crippen LogP contribution in [0.4, 0.5) is 5.69 Å². The van der Waals surface area contributed by atoms with E-state index in [9.17, 15) is 14.9 Å². The molecule has 2 aromatic carbocycles. The van der Waals surface area contributed by atoms with Crippen molar-refractivity contribution in [2.24, 2.45) is 5.10 Å². The lowest BCUT2D eigenvalue weighted by molar-refractivity contribution is -0.384. The topological polar surface area (TPSA) is 89.5 Å². The van der Waals surface area contributed by atoms with Gasteiger partial charge >= 0.3 is 0 Å². The molecule has 0 aliphatic carbocycles. The zero-order valence-corrected chi connectivity index (χ0v) is 16.9. The van der Waals surface area contributed by atoms with Gasteiger partial charge in [-0.3, -0.25) is 14.9 Å². The Balaban J connectivity index is 1.94. The summed E-state index contributed by atoms with van der Waals surface area (Å²) < 4.78 is 2.71. The lowest BCUT2D eigenvalue weighted by atomic mass is 10.1. The Morgan fingerprint density at radius 2 is 2.07 bits per heavy atom. The third-order valence-electron chi connectivity index (χ3n) is 3.82. The molecule has 142 valence electrons. The minimum atomic E-state index is -0.433. The molecule has 0 atom stereocenters. The number of carbonyl (C=O) groups is 1. The van der Waals surface area contributed by atoms with Crippen LogP contribution in [0, 0.1) is 10.1 Å². The Hall–Kier alpha value is -3.04. The van der Waals surface area contributed by atoms with Crippen LogP contribution in [0.5, 0.6) is 0 Å². The number of allylic oxidation sites excluding steroid dienone is 1. The van der Waals surface area contributed by atoms with Gasteiger partial charge in [-0.25, -0.2) is 5.43 Å². The van der Waals surface area contributed by atoms with Crippen LogP contribution < -0.4 is 10.2 Å². The Bertz CT molecular complexity index is 1100. The highest BCUT2D eigenvalue weighted by atomic mass is 79.9. The van der Waals surface area contributed by atoms with Crippen molar-refractivity contribution in [3.63, 3.8) is 0 Å². The predicted octanol–water partition coefficient (Wildman–Crippen LogP) is 4.32. The predicted molar refractivity (Wildman–Crippen MR) is 112 cm³/mol. The Morgan fingerprint density at radius 1 is 1.32 bits per heavy atom. The normalized spacial score (nSPS) is 11.2. The molecule has 0 saturated heterocycles. The number of hydrogen-bond acceptors (Lipinski definition) is 5. The molecule has 0 bridgehead atoms. The van der Waals surface area contributed by atoms with Crippen LogP contribution in [0.25, 0.3) is 11.3 Å². The van der Waals surface area contributed by atoms with Gasteiger partial charge in [-0.1, -0.05) is 34.1 Å². The van der Waals surface area contributed by atoms with Crippen molar-refractivity contribution in [3.8, 4) is 11.3 Å². The summed E-state index contributed by atoms with van der Waals surface area (Å²) in [5.41, 5.74) is 4.48. The van der Waals surface area contributed by atoms with E-state index in [0.717, 1.165) is 10.2 Å². The lowest BCUT2D eigenvalue weighted by Crippen LogP contribution is -2.24. The second-order valence-corrected chi connectivity index (χ2v) is 7.42. The zero-order valence-electron chi connectivity index (χ0n) is 14.5. The molecule has 0 aliphatic rings. The number of non-ortho nitro benzene ring substituents is 1. The Labute approximate surface area is 172 Å². The fourth-order valence-corrected chi connectivity index (χ4v) is 3.64. The van der Waals surface area contributed by atoms with E-state index in [4.69, 9.17) is 0 Å². The molecule has 0 radical (unpaired) electrons. The molecule has 0 spiro atoms. The van der Waals surface area contributed by atoms with Gasteiger partial charge in [0.15, 0.2) is 0 Å². The summed E-state index contributed by atoms with van der Waals surface area (Å²) in [5.74, 6) is -0.331. The van der Waals surface area contributed by atoms with Gasteiger partial charge in [-0.2, -0.15) is 0 Å². The van der Waals surface area contributed by atoms with Crippen LogP contribution in [0.3, 0.4) is 0 Å². The van der Waals surface area contributed by atoms with Crippen LogP contribution in [0.2, 0.25) is 0 Å². The van der Waals surface area contributed by atoms with Gasteiger partial charge in [0, 0.05) is 39.7 Å². The minimum Gasteiger partial charge on any atom is -0.311 e. The Morgan fingerprint density at radius 3 is 2.75 bits per heavy atom. The number of benzene rings is 2. The Kier molecular flexibility index (Phi) is 6.17. The monoisotopic (exact) mass is 458 g/mol. The van der Waals surface area contributed by atoms with Gasteiger partial charge in [0.05, 0.1) is 10.6 Å². The molecule has 9 heteroatoms. The van der Waals surface area contributed by atoms with Gasteiger partial charge in [0.2, 0.25) is 4.80 Å². The number of aromatic nitrogens is 1. The summed E-state index contributed by atoms with van der Waals surface area (Å²) >= 11 is 4.65. The number of amides is 1. The number of carbonyl (C=O) groups excluding carboxylic acids is 1. The molecule has 0 fully saturated rings. The number of rotatable bonds is 6. The second-order valence-electron chi connectivity index (χ2n) is 5.67. The van der Waals surface area contributed by atoms with Gasteiger partial charge in [0.25, 0.3) is 11.6 Å². The van der Waals surface area contributed by atoms with Crippen molar-refractivity contribution < 1.29 is 9.72 Å². The summed E-state index contributed by atoms with van der Waals surface area (Å²) in [5, 5.41) is 17.1. The van der Waals surface area contributed by atoms with E-state index in [2.05, 4.69) is 33.0 Å². The molecule has 0 aliphatic heterocycles. The van der Waals surface area contributed by atoms with Crippen LogP contribution in [-0.4, -0.2) is 15.4 Å². The van der Waals surface area contributed by atoms with Gasteiger partial charge < -0.3 is 4.57 Å². The van der Waals surface area contributed by atoms with Gasteiger partial charge in [-0.15, -0.1) is 23.0 Å². The maximum Gasteiger partial charge on any atom is 0.271 e. The molecular formula is C19H15BrN4O3S. The molecule has 1 N–H and O–H groups in total. The number of thiazole rings is 1. The van der Waals surface area contributed by atoms with Crippen molar-refractivity contribution in [2.75, 3.05) is 0 Å². The number of halogens is 1. The first-order valence-corrected chi connectivity index (χ1v) is 9.80. The quantitative estimate of drug-likeness (QED) is 0.338. The molecule has 1 amide bonds. The molecule has 1 heterocycles. The first-order chi connectivity index (χ1) is 13.5. The maximum atomic E-state index is 12.3. The fourth-order valence-electron chi connectivity index (χ4n) is 2.50. The van der Waals surface area contributed by atoms with Crippen LogP contribution in [0.15, 0.2) is 76.1 Å². The largest absolute Gasteiger partial charge is 0.311 e. The van der Waals surface area contributed by atoms with E-state index in [1.165, 1.54) is 23.5 Å². The highest BCUT2D eigenvalue weighted by Gasteiger charge is 2.12. The highest BCUT2D eigenvalue weighted by Crippen LogP contribution is 2.24. The smallest absolute Gasteiger partial charge is 0.271 e. The highest BCUT2D eigenvalue weighted by molar-refractivity contribution is 9.10. The number of nitro groups is 1.